The maximum Gasteiger partial charge on any atom is 0.401 e. The number of aliphatic hydroxyl groups excluding tert-OH is 1. The van der Waals surface area contributed by atoms with E-state index in [4.69, 9.17) is 0 Å². The van der Waals surface area contributed by atoms with Crippen molar-refractivity contribution in [1.82, 2.24) is 15.5 Å². The van der Waals surface area contributed by atoms with Crippen LogP contribution < -0.4 is 10.6 Å². The molecule has 1 atom stereocenters. The lowest BCUT2D eigenvalue weighted by Gasteiger charge is -2.32. The minimum atomic E-state index is -4.11. The van der Waals surface area contributed by atoms with Gasteiger partial charge in [-0.1, -0.05) is 30.3 Å². The van der Waals surface area contributed by atoms with Crippen molar-refractivity contribution in [3.05, 3.63) is 35.9 Å². The third-order valence-electron chi connectivity index (χ3n) is 5.07. The van der Waals surface area contributed by atoms with E-state index in [1.165, 1.54) is 4.90 Å². The number of halogens is 3. The molecule has 0 amide bonds. The minimum absolute atomic E-state index is 0.306. The quantitative estimate of drug-likeness (QED) is 0.430. The van der Waals surface area contributed by atoms with Gasteiger partial charge in [0, 0.05) is 19.5 Å². The van der Waals surface area contributed by atoms with Crippen molar-refractivity contribution in [1.29, 1.82) is 0 Å². The van der Waals surface area contributed by atoms with Crippen molar-refractivity contribution < 1.29 is 18.3 Å². The van der Waals surface area contributed by atoms with Gasteiger partial charge in [0.05, 0.1) is 19.2 Å². The Bertz CT molecular complexity index is 602. The van der Waals surface area contributed by atoms with Gasteiger partial charge in [0.1, 0.15) is 0 Å². The van der Waals surface area contributed by atoms with Crippen molar-refractivity contribution in [3.8, 4) is 0 Å². The van der Waals surface area contributed by atoms with E-state index in [1.807, 2.05) is 37.3 Å². The number of hydrogen-bond acceptors (Lipinski definition) is 3. The van der Waals surface area contributed by atoms with Crippen molar-refractivity contribution in [2.45, 2.75) is 44.9 Å². The molecule has 0 bridgehead atoms. The largest absolute Gasteiger partial charge is 0.401 e. The van der Waals surface area contributed by atoms with Crippen LogP contribution in [0.25, 0.3) is 0 Å². The van der Waals surface area contributed by atoms with Gasteiger partial charge in [0.15, 0.2) is 5.96 Å². The Morgan fingerprint density at radius 1 is 1.21 bits per heavy atom. The first kappa shape index (κ1) is 23.5. The topological polar surface area (TPSA) is 59.9 Å². The maximum absolute atomic E-state index is 12.5. The number of nitrogens with zero attached hydrogens (tertiary/aromatic N) is 2. The van der Waals surface area contributed by atoms with Gasteiger partial charge < -0.3 is 15.7 Å². The number of piperidine rings is 1. The Labute approximate surface area is 171 Å². The van der Waals surface area contributed by atoms with E-state index in [2.05, 4.69) is 15.6 Å². The molecule has 1 aromatic rings. The summed E-state index contributed by atoms with van der Waals surface area (Å²) in [5, 5.41) is 16.6. The van der Waals surface area contributed by atoms with Gasteiger partial charge in [-0.05, 0) is 50.8 Å². The summed E-state index contributed by atoms with van der Waals surface area (Å²) in [7, 11) is 0. The summed E-state index contributed by atoms with van der Waals surface area (Å²) >= 11 is 0. The molecular weight excluding hydrogens is 381 g/mol. The van der Waals surface area contributed by atoms with Gasteiger partial charge in [-0.3, -0.25) is 9.89 Å². The van der Waals surface area contributed by atoms with Crippen LogP contribution in [0.15, 0.2) is 35.3 Å². The Morgan fingerprint density at radius 3 is 2.52 bits per heavy atom. The normalized spacial score (nSPS) is 17.9. The van der Waals surface area contributed by atoms with Crippen LogP contribution in [0.4, 0.5) is 13.2 Å². The number of hydrogen-bond donors (Lipinski definition) is 3. The molecule has 1 saturated heterocycles. The lowest BCUT2D eigenvalue weighted by Crippen LogP contribution is -2.42. The third-order valence-corrected chi connectivity index (χ3v) is 5.07. The zero-order valence-electron chi connectivity index (χ0n) is 17.1. The van der Waals surface area contributed by atoms with Crippen LogP contribution in [0, 0.1) is 5.92 Å². The van der Waals surface area contributed by atoms with E-state index in [1.54, 1.807) is 0 Å². The summed E-state index contributed by atoms with van der Waals surface area (Å²) in [5.41, 5.74) is 1.07. The predicted molar refractivity (Wildman–Crippen MR) is 110 cm³/mol. The SMILES string of the molecule is CCNC(=NCC(O)Cc1ccccc1)NCCC1CCN(CC(F)(F)F)CC1. The lowest BCUT2D eigenvalue weighted by molar-refractivity contribution is -0.148. The van der Waals surface area contributed by atoms with Crippen LogP contribution in [0.5, 0.6) is 0 Å². The predicted octanol–water partition coefficient (Wildman–Crippen LogP) is 2.81. The molecule has 1 aliphatic rings. The number of alkyl halides is 3. The number of nitrogens with one attached hydrogen (secondary N) is 2. The van der Waals surface area contributed by atoms with Gasteiger partial charge in [0.2, 0.25) is 0 Å². The highest BCUT2D eigenvalue weighted by atomic mass is 19.4. The molecular formula is C21H33F3N4O. The molecule has 0 spiro atoms. The molecule has 1 heterocycles. The molecule has 1 unspecified atom stereocenters. The molecule has 0 aliphatic carbocycles. The number of rotatable bonds is 9. The fourth-order valence-corrected chi connectivity index (χ4v) is 3.57. The molecule has 0 saturated carbocycles. The van der Waals surface area contributed by atoms with E-state index in [0.29, 0.717) is 44.5 Å². The minimum Gasteiger partial charge on any atom is -0.391 e. The van der Waals surface area contributed by atoms with Crippen LogP contribution in [0.3, 0.4) is 0 Å². The average Bonchev–Trinajstić information content (AvgIpc) is 2.67. The third kappa shape index (κ3) is 9.99. The van der Waals surface area contributed by atoms with Crippen molar-refractivity contribution in [2.24, 2.45) is 10.9 Å². The molecule has 8 heteroatoms. The summed E-state index contributed by atoms with van der Waals surface area (Å²) in [5.74, 6) is 1.09. The fraction of sp³-hybridized carbons (Fsp3) is 0.667. The summed E-state index contributed by atoms with van der Waals surface area (Å²) < 4.78 is 37.4. The number of aliphatic hydroxyl groups is 1. The van der Waals surface area contributed by atoms with Crippen LogP contribution >= 0.6 is 0 Å². The van der Waals surface area contributed by atoms with Gasteiger partial charge in [0.25, 0.3) is 0 Å². The summed E-state index contributed by atoms with van der Waals surface area (Å²) in [6.07, 6.45) is -1.62. The Morgan fingerprint density at radius 2 is 1.90 bits per heavy atom. The number of aliphatic imine (C=N–C) groups is 1. The molecule has 3 N–H and O–H groups in total. The van der Waals surface area contributed by atoms with Crippen molar-refractivity contribution in [3.63, 3.8) is 0 Å². The van der Waals surface area contributed by atoms with Crippen LogP contribution in [-0.4, -0.2) is 67.5 Å². The molecule has 0 radical (unpaired) electrons. The number of benzene rings is 1. The van der Waals surface area contributed by atoms with Crippen LogP contribution in [-0.2, 0) is 6.42 Å². The first-order valence-electron chi connectivity index (χ1n) is 10.4. The van der Waals surface area contributed by atoms with Gasteiger partial charge >= 0.3 is 6.18 Å². The lowest BCUT2D eigenvalue weighted by atomic mass is 9.93. The monoisotopic (exact) mass is 414 g/mol. The molecule has 1 fully saturated rings. The molecule has 0 aromatic heterocycles. The second kappa shape index (κ2) is 12.0. The first-order valence-corrected chi connectivity index (χ1v) is 10.4. The van der Waals surface area contributed by atoms with E-state index in [-0.39, 0.29) is 0 Å². The highest BCUT2D eigenvalue weighted by molar-refractivity contribution is 5.79. The molecule has 2 rings (SSSR count). The summed E-state index contributed by atoms with van der Waals surface area (Å²) in [6.45, 7) is 3.92. The zero-order valence-corrected chi connectivity index (χ0v) is 17.1. The van der Waals surface area contributed by atoms with E-state index >= 15 is 0 Å². The van der Waals surface area contributed by atoms with Crippen LogP contribution in [0.2, 0.25) is 0 Å². The maximum atomic E-state index is 12.5. The highest BCUT2D eigenvalue weighted by Crippen LogP contribution is 2.23. The number of guanidine groups is 1. The first-order chi connectivity index (χ1) is 13.9. The molecule has 1 aliphatic heterocycles. The molecule has 29 heavy (non-hydrogen) atoms. The van der Waals surface area contributed by atoms with E-state index in [9.17, 15) is 18.3 Å². The Balaban J connectivity index is 1.69. The standard InChI is InChI=1S/C21H33F3N4O/c1-2-25-20(27-15-19(29)14-18-6-4-3-5-7-18)26-11-8-17-9-12-28(13-10-17)16-21(22,23)24/h3-7,17,19,29H,2,8-16H2,1H3,(H2,25,26,27). The van der Waals surface area contributed by atoms with E-state index in [0.717, 1.165) is 31.4 Å². The van der Waals surface area contributed by atoms with Crippen LogP contribution in [0.1, 0.15) is 31.7 Å². The molecule has 5 nitrogen and oxygen atoms in total. The number of likely N-dealkylation sites (tertiary alicyclic amines) is 1. The fourth-order valence-electron chi connectivity index (χ4n) is 3.57. The Kier molecular flexibility index (Phi) is 9.73. The smallest absolute Gasteiger partial charge is 0.391 e. The summed E-state index contributed by atoms with van der Waals surface area (Å²) in [4.78, 5) is 5.95. The Hall–Kier alpha value is -1.80. The van der Waals surface area contributed by atoms with Crippen molar-refractivity contribution >= 4 is 5.96 Å². The van der Waals surface area contributed by atoms with Crippen molar-refractivity contribution in [2.75, 3.05) is 39.3 Å². The van der Waals surface area contributed by atoms with E-state index < -0.39 is 18.8 Å². The highest BCUT2D eigenvalue weighted by Gasteiger charge is 2.32. The average molecular weight is 415 g/mol. The second-order valence-electron chi connectivity index (χ2n) is 7.61. The molecule has 164 valence electrons. The van der Waals surface area contributed by atoms with Gasteiger partial charge in [-0.15, -0.1) is 0 Å². The van der Waals surface area contributed by atoms with Gasteiger partial charge in [-0.2, -0.15) is 13.2 Å². The zero-order chi connectivity index (χ0) is 21.1. The summed E-state index contributed by atoms with van der Waals surface area (Å²) in [6, 6.07) is 9.81. The van der Waals surface area contributed by atoms with Gasteiger partial charge in [-0.25, -0.2) is 0 Å². The molecule has 1 aromatic carbocycles. The second-order valence-corrected chi connectivity index (χ2v) is 7.61.